The Labute approximate surface area is 124 Å². The molecule has 0 saturated heterocycles. The largest absolute Gasteiger partial charge is 0.465 e. The highest BCUT2D eigenvalue weighted by Crippen LogP contribution is 2.18. The van der Waals surface area contributed by atoms with E-state index in [2.05, 4.69) is 15.4 Å². The molecule has 0 bridgehead atoms. The molecule has 1 aromatic rings. The molecule has 1 aromatic heterocycles. The van der Waals surface area contributed by atoms with Crippen molar-refractivity contribution in [3.63, 3.8) is 0 Å². The second-order valence-electron chi connectivity index (χ2n) is 5.30. The summed E-state index contributed by atoms with van der Waals surface area (Å²) in [5.74, 6) is 0.984. The van der Waals surface area contributed by atoms with E-state index in [1.54, 1.807) is 13.0 Å². The molecule has 0 radical (unpaired) electrons. The molecule has 2 rings (SSSR count). The van der Waals surface area contributed by atoms with Crippen LogP contribution in [0.3, 0.4) is 0 Å². The molecular formula is C15H22N2O4. The maximum Gasteiger partial charge on any atom is 0.341 e. The van der Waals surface area contributed by atoms with Gasteiger partial charge < -0.3 is 19.8 Å². The van der Waals surface area contributed by atoms with Gasteiger partial charge in [-0.3, -0.25) is 4.79 Å². The van der Waals surface area contributed by atoms with Gasteiger partial charge in [-0.15, -0.1) is 0 Å². The van der Waals surface area contributed by atoms with Gasteiger partial charge in [0, 0.05) is 12.5 Å². The van der Waals surface area contributed by atoms with Crippen molar-refractivity contribution in [3.8, 4) is 0 Å². The molecule has 0 atom stereocenters. The molecule has 0 aromatic carbocycles. The fraction of sp³-hybridized carbons (Fsp3) is 0.600. The lowest BCUT2D eigenvalue weighted by atomic mass is 10.2. The number of furan rings is 1. The fourth-order valence-electron chi connectivity index (χ4n) is 2.06. The van der Waals surface area contributed by atoms with E-state index in [0.717, 1.165) is 25.8 Å². The van der Waals surface area contributed by atoms with E-state index in [1.165, 1.54) is 7.11 Å². The van der Waals surface area contributed by atoms with Crippen LogP contribution in [0.2, 0.25) is 0 Å². The summed E-state index contributed by atoms with van der Waals surface area (Å²) in [6, 6.07) is 2.11. The maximum atomic E-state index is 11.5. The minimum Gasteiger partial charge on any atom is -0.465 e. The molecule has 1 heterocycles. The normalized spacial score (nSPS) is 14.0. The molecule has 1 saturated carbocycles. The zero-order valence-corrected chi connectivity index (χ0v) is 12.5. The minimum atomic E-state index is -0.390. The number of nitrogens with one attached hydrogen (secondary N) is 2. The van der Waals surface area contributed by atoms with Crippen LogP contribution in [0.25, 0.3) is 0 Å². The van der Waals surface area contributed by atoms with Crippen molar-refractivity contribution in [1.29, 1.82) is 0 Å². The molecule has 6 heteroatoms. The summed E-state index contributed by atoms with van der Waals surface area (Å²) >= 11 is 0. The first kappa shape index (κ1) is 15.6. The minimum absolute atomic E-state index is 0.126. The number of rotatable bonds is 8. The molecule has 1 aliphatic carbocycles. The van der Waals surface area contributed by atoms with Gasteiger partial charge in [0.05, 0.1) is 13.7 Å². The summed E-state index contributed by atoms with van der Waals surface area (Å²) in [6.07, 6.45) is 3.55. The number of amides is 1. The summed E-state index contributed by atoms with van der Waals surface area (Å²) in [4.78, 5) is 22.9. The highest BCUT2D eigenvalue weighted by Gasteiger charge is 2.22. The first-order chi connectivity index (χ1) is 10.1. The molecule has 1 fully saturated rings. The van der Waals surface area contributed by atoms with Crippen LogP contribution in [0.4, 0.5) is 0 Å². The molecule has 6 nitrogen and oxygen atoms in total. The number of aryl methyl sites for hydroxylation is 1. The lowest BCUT2D eigenvalue weighted by Gasteiger charge is -2.04. The Kier molecular flexibility index (Phi) is 5.38. The van der Waals surface area contributed by atoms with E-state index in [0.29, 0.717) is 36.1 Å². The van der Waals surface area contributed by atoms with Crippen LogP contribution in [0.5, 0.6) is 0 Å². The molecule has 1 amide bonds. The standard InChI is InChI=1S/C15H22N2O4/c1-10-13(15(19)20-2)8-12(21-10)9-16-7-3-4-14(18)17-11-5-6-11/h8,11,16H,3-7,9H2,1-2H3,(H,17,18). The number of carbonyl (C=O) groups excluding carboxylic acids is 2. The third kappa shape index (κ3) is 4.90. The van der Waals surface area contributed by atoms with E-state index in [1.807, 2.05) is 0 Å². The van der Waals surface area contributed by atoms with Crippen LogP contribution in [0.15, 0.2) is 10.5 Å². The SMILES string of the molecule is COC(=O)c1cc(CNCCCC(=O)NC2CC2)oc1C. The predicted molar refractivity (Wildman–Crippen MR) is 76.9 cm³/mol. The smallest absolute Gasteiger partial charge is 0.341 e. The van der Waals surface area contributed by atoms with E-state index in [9.17, 15) is 9.59 Å². The predicted octanol–water partition coefficient (Wildman–Crippen LogP) is 1.52. The zero-order chi connectivity index (χ0) is 15.2. The summed E-state index contributed by atoms with van der Waals surface area (Å²) in [6.45, 7) is 2.99. The average molecular weight is 294 g/mol. The van der Waals surface area contributed by atoms with Gasteiger partial charge in [0.15, 0.2) is 0 Å². The first-order valence-corrected chi connectivity index (χ1v) is 7.28. The molecule has 2 N–H and O–H groups in total. The summed E-state index contributed by atoms with van der Waals surface area (Å²) in [5.41, 5.74) is 0.457. The Bertz CT molecular complexity index is 506. The van der Waals surface area contributed by atoms with Crippen molar-refractivity contribution < 1.29 is 18.7 Å². The molecule has 116 valence electrons. The third-order valence-electron chi connectivity index (χ3n) is 3.37. The fourth-order valence-corrected chi connectivity index (χ4v) is 2.06. The van der Waals surface area contributed by atoms with Crippen molar-refractivity contribution in [2.75, 3.05) is 13.7 Å². The van der Waals surface area contributed by atoms with Crippen molar-refractivity contribution >= 4 is 11.9 Å². The summed E-state index contributed by atoms with van der Waals surface area (Å²) in [7, 11) is 1.35. The Balaban J connectivity index is 1.64. The Morgan fingerprint density at radius 1 is 1.43 bits per heavy atom. The first-order valence-electron chi connectivity index (χ1n) is 7.28. The summed E-state index contributed by atoms with van der Waals surface area (Å²) < 4.78 is 10.2. The van der Waals surface area contributed by atoms with Crippen molar-refractivity contribution in [2.45, 2.75) is 45.2 Å². The van der Waals surface area contributed by atoms with Crippen molar-refractivity contribution in [3.05, 3.63) is 23.2 Å². The van der Waals surface area contributed by atoms with Crippen molar-refractivity contribution in [1.82, 2.24) is 10.6 Å². The van der Waals surface area contributed by atoms with Gasteiger partial charge in [0.1, 0.15) is 17.1 Å². The molecule has 1 aliphatic rings. The lowest BCUT2D eigenvalue weighted by molar-refractivity contribution is -0.121. The zero-order valence-electron chi connectivity index (χ0n) is 12.5. The average Bonchev–Trinajstić information content (AvgIpc) is 3.19. The van der Waals surface area contributed by atoms with E-state index < -0.39 is 0 Å². The highest BCUT2D eigenvalue weighted by atomic mass is 16.5. The number of ether oxygens (including phenoxy) is 1. The topological polar surface area (TPSA) is 80.6 Å². The monoisotopic (exact) mass is 294 g/mol. The molecule has 0 spiro atoms. The second-order valence-corrected chi connectivity index (χ2v) is 5.30. The van der Waals surface area contributed by atoms with Crippen molar-refractivity contribution in [2.24, 2.45) is 0 Å². The number of methoxy groups -OCH3 is 1. The van der Waals surface area contributed by atoms with Crippen LogP contribution < -0.4 is 10.6 Å². The van der Waals surface area contributed by atoms with Gasteiger partial charge in [-0.05, 0) is 38.8 Å². The van der Waals surface area contributed by atoms with Gasteiger partial charge in [-0.1, -0.05) is 0 Å². The Morgan fingerprint density at radius 2 is 2.19 bits per heavy atom. The van der Waals surface area contributed by atoms with E-state index >= 15 is 0 Å². The Hall–Kier alpha value is -1.82. The van der Waals surface area contributed by atoms with Crippen LogP contribution in [-0.4, -0.2) is 31.6 Å². The molecular weight excluding hydrogens is 272 g/mol. The van der Waals surface area contributed by atoms with Gasteiger partial charge in [0.2, 0.25) is 5.91 Å². The van der Waals surface area contributed by atoms with Crippen LogP contribution in [0.1, 0.15) is 47.6 Å². The van der Waals surface area contributed by atoms with Gasteiger partial charge in [-0.25, -0.2) is 4.79 Å². The van der Waals surface area contributed by atoms with Crippen LogP contribution in [0, 0.1) is 6.92 Å². The second kappa shape index (κ2) is 7.26. The molecule has 21 heavy (non-hydrogen) atoms. The quantitative estimate of drug-likeness (QED) is 0.561. The Morgan fingerprint density at radius 3 is 2.86 bits per heavy atom. The van der Waals surface area contributed by atoms with Gasteiger partial charge >= 0.3 is 5.97 Å². The number of carbonyl (C=O) groups is 2. The van der Waals surface area contributed by atoms with Crippen LogP contribution in [-0.2, 0) is 16.1 Å². The number of esters is 1. The maximum absolute atomic E-state index is 11.5. The third-order valence-corrected chi connectivity index (χ3v) is 3.37. The lowest BCUT2D eigenvalue weighted by Crippen LogP contribution is -2.26. The van der Waals surface area contributed by atoms with Gasteiger partial charge in [0.25, 0.3) is 0 Å². The highest BCUT2D eigenvalue weighted by molar-refractivity contribution is 5.90. The number of hydrogen-bond acceptors (Lipinski definition) is 5. The molecule has 0 aliphatic heterocycles. The summed E-state index contributed by atoms with van der Waals surface area (Å²) in [5, 5.41) is 6.15. The van der Waals surface area contributed by atoms with E-state index in [-0.39, 0.29) is 11.9 Å². The van der Waals surface area contributed by atoms with Gasteiger partial charge in [-0.2, -0.15) is 0 Å². The van der Waals surface area contributed by atoms with E-state index in [4.69, 9.17) is 4.42 Å². The number of hydrogen-bond donors (Lipinski definition) is 2. The van der Waals surface area contributed by atoms with Crippen LogP contribution >= 0.6 is 0 Å². The molecule has 0 unspecified atom stereocenters.